The van der Waals surface area contributed by atoms with Crippen molar-refractivity contribution in [1.82, 2.24) is 5.32 Å². The van der Waals surface area contributed by atoms with E-state index in [1.54, 1.807) is 24.3 Å². The van der Waals surface area contributed by atoms with Gasteiger partial charge in [0.15, 0.2) is 0 Å². The van der Waals surface area contributed by atoms with E-state index in [1.165, 1.54) is 6.07 Å². The molecule has 33 heavy (non-hydrogen) atoms. The summed E-state index contributed by atoms with van der Waals surface area (Å²) in [6.07, 6.45) is 0.837. The molecule has 1 amide bonds. The fraction of sp³-hybridized carbons (Fsp3) is 0.440. The third kappa shape index (κ3) is 6.47. The average Bonchev–Trinajstić information content (AvgIpc) is 2.77. The Hall–Kier alpha value is -2.61. The first-order valence-electron chi connectivity index (χ1n) is 11.1. The maximum atomic E-state index is 12.4. The van der Waals surface area contributed by atoms with Crippen molar-refractivity contribution in [3.63, 3.8) is 0 Å². The van der Waals surface area contributed by atoms with E-state index in [1.807, 2.05) is 26.0 Å². The summed E-state index contributed by atoms with van der Waals surface area (Å²) < 4.78 is 12.4. The van der Waals surface area contributed by atoms with Gasteiger partial charge in [-0.25, -0.2) is 4.79 Å². The number of carboxylic acids is 1. The molecular formula is C25H30ClNO6. The van der Waals surface area contributed by atoms with E-state index in [-0.39, 0.29) is 30.6 Å². The first kappa shape index (κ1) is 25.0. The van der Waals surface area contributed by atoms with Crippen molar-refractivity contribution in [2.45, 2.75) is 57.3 Å². The molecule has 3 N–H and O–H groups in total. The van der Waals surface area contributed by atoms with Gasteiger partial charge in [0.1, 0.15) is 5.75 Å². The quantitative estimate of drug-likeness (QED) is 0.486. The zero-order chi connectivity index (χ0) is 24.0. The summed E-state index contributed by atoms with van der Waals surface area (Å²) in [5, 5.41) is 22.4. The minimum Gasteiger partial charge on any atom is -0.493 e. The predicted molar refractivity (Wildman–Crippen MR) is 125 cm³/mol. The molecule has 0 radical (unpaired) electrons. The number of benzene rings is 2. The number of aliphatic hydroxyl groups is 1. The van der Waals surface area contributed by atoms with Crippen LogP contribution >= 0.6 is 11.6 Å². The minimum atomic E-state index is -1.04. The molecule has 2 aromatic rings. The fourth-order valence-electron chi connectivity index (χ4n) is 4.13. The molecule has 0 aliphatic carbocycles. The van der Waals surface area contributed by atoms with Crippen LogP contribution in [0.25, 0.3) is 0 Å². The van der Waals surface area contributed by atoms with Gasteiger partial charge in [0, 0.05) is 35.4 Å². The number of amides is 1. The monoisotopic (exact) mass is 475 g/mol. The zero-order valence-corrected chi connectivity index (χ0v) is 19.6. The molecule has 0 spiro atoms. The highest BCUT2D eigenvalue weighted by atomic mass is 35.5. The highest BCUT2D eigenvalue weighted by Crippen LogP contribution is 2.46. The second-order valence-electron chi connectivity index (χ2n) is 8.56. The van der Waals surface area contributed by atoms with Gasteiger partial charge in [0.25, 0.3) is 0 Å². The molecule has 1 heterocycles. The third-order valence-electron chi connectivity index (χ3n) is 5.69. The highest BCUT2D eigenvalue weighted by molar-refractivity contribution is 6.30. The first-order valence-corrected chi connectivity index (χ1v) is 11.5. The number of aliphatic hydroxyl groups excluding tert-OH is 1. The van der Waals surface area contributed by atoms with E-state index in [0.717, 1.165) is 12.0 Å². The van der Waals surface area contributed by atoms with E-state index >= 15 is 0 Å². The second-order valence-corrected chi connectivity index (χ2v) is 9.00. The smallest absolute Gasteiger partial charge is 0.335 e. The van der Waals surface area contributed by atoms with Crippen LogP contribution in [0.15, 0.2) is 42.5 Å². The van der Waals surface area contributed by atoms with E-state index in [0.29, 0.717) is 35.8 Å². The maximum Gasteiger partial charge on any atom is 0.335 e. The Morgan fingerprint density at radius 1 is 1.18 bits per heavy atom. The second kappa shape index (κ2) is 11.0. The molecule has 1 aliphatic heterocycles. The normalized spacial score (nSPS) is 22.5. The number of hydrogen-bond donors (Lipinski definition) is 3. The molecule has 1 saturated heterocycles. The molecule has 0 unspecified atom stereocenters. The van der Waals surface area contributed by atoms with Gasteiger partial charge in [0.05, 0.1) is 31.0 Å². The number of halogens is 1. The Kier molecular flexibility index (Phi) is 8.35. The van der Waals surface area contributed by atoms with Crippen LogP contribution in [0, 0.1) is 0 Å². The van der Waals surface area contributed by atoms with Crippen LogP contribution in [-0.4, -0.2) is 40.8 Å². The van der Waals surface area contributed by atoms with Crippen LogP contribution in [0.1, 0.15) is 73.2 Å². The van der Waals surface area contributed by atoms with Crippen LogP contribution in [0.5, 0.6) is 5.75 Å². The van der Waals surface area contributed by atoms with Crippen LogP contribution in [0.4, 0.5) is 0 Å². The summed E-state index contributed by atoms with van der Waals surface area (Å²) in [6, 6.07) is 12.1. The van der Waals surface area contributed by atoms with Crippen molar-refractivity contribution in [1.29, 1.82) is 0 Å². The van der Waals surface area contributed by atoms with Crippen LogP contribution in [0.2, 0.25) is 5.02 Å². The van der Waals surface area contributed by atoms with Crippen molar-refractivity contribution < 1.29 is 29.3 Å². The summed E-state index contributed by atoms with van der Waals surface area (Å²) >= 11 is 6.06. The van der Waals surface area contributed by atoms with Crippen molar-refractivity contribution in [2.24, 2.45) is 0 Å². The minimum absolute atomic E-state index is 0.00604. The lowest BCUT2D eigenvalue weighted by molar-refractivity contribution is -0.129. The number of carbonyl (C=O) groups excluding carboxylic acids is 1. The van der Waals surface area contributed by atoms with E-state index in [2.05, 4.69) is 5.32 Å². The number of carboxylic acid groups (broad SMARTS) is 1. The first-order chi connectivity index (χ1) is 15.7. The maximum absolute atomic E-state index is 12.4. The summed E-state index contributed by atoms with van der Waals surface area (Å²) in [4.78, 5) is 24.0. The van der Waals surface area contributed by atoms with Crippen LogP contribution in [0.3, 0.4) is 0 Å². The standard InChI is InChI=1S/C25H30ClNO6/c1-3-12-32-20-9-6-17(24(30)31)13-19(20)22-15-25(2,27-23(29)10-11-28)14-21(33-22)16-4-7-18(26)8-5-16/h4-9,13,21-22,28H,3,10-12,14-15H2,1-2H3,(H,27,29)(H,30,31)/t21-,22+,25+/m0/s1. The SMILES string of the molecule is CCCOc1ccc(C(=O)O)cc1[C@H]1C[C@](C)(NC(=O)CCO)C[C@@H](c2ccc(Cl)cc2)O1. The average molecular weight is 476 g/mol. The Morgan fingerprint density at radius 3 is 2.52 bits per heavy atom. The summed E-state index contributed by atoms with van der Waals surface area (Å²) in [6.45, 7) is 4.18. The van der Waals surface area contributed by atoms with Gasteiger partial charge in [-0.05, 0) is 49.2 Å². The van der Waals surface area contributed by atoms with Gasteiger partial charge in [-0.3, -0.25) is 4.79 Å². The van der Waals surface area contributed by atoms with Crippen molar-refractivity contribution in [3.05, 3.63) is 64.2 Å². The van der Waals surface area contributed by atoms with E-state index in [4.69, 9.17) is 26.2 Å². The summed E-state index contributed by atoms with van der Waals surface area (Å²) in [5.74, 6) is -0.729. The molecule has 2 aromatic carbocycles. The number of nitrogens with one attached hydrogen (secondary N) is 1. The van der Waals surface area contributed by atoms with Gasteiger partial charge < -0.3 is 25.0 Å². The van der Waals surface area contributed by atoms with E-state index < -0.39 is 17.6 Å². The number of hydrogen-bond acceptors (Lipinski definition) is 5. The van der Waals surface area contributed by atoms with Gasteiger partial charge in [-0.2, -0.15) is 0 Å². The molecule has 178 valence electrons. The third-order valence-corrected chi connectivity index (χ3v) is 5.94. The number of carbonyl (C=O) groups is 2. The Bertz CT molecular complexity index is 979. The van der Waals surface area contributed by atoms with Crippen molar-refractivity contribution in [3.8, 4) is 5.75 Å². The summed E-state index contributed by atoms with van der Waals surface area (Å²) in [7, 11) is 0. The predicted octanol–water partition coefficient (Wildman–Crippen LogP) is 4.68. The molecular weight excluding hydrogens is 446 g/mol. The van der Waals surface area contributed by atoms with Crippen molar-refractivity contribution >= 4 is 23.5 Å². The molecule has 0 saturated carbocycles. The van der Waals surface area contributed by atoms with Gasteiger partial charge in [-0.15, -0.1) is 0 Å². The van der Waals surface area contributed by atoms with E-state index in [9.17, 15) is 14.7 Å². The molecule has 3 atom stereocenters. The summed E-state index contributed by atoms with van der Waals surface area (Å²) in [5.41, 5.74) is 1.01. The number of aromatic carboxylic acids is 1. The van der Waals surface area contributed by atoms with Crippen LogP contribution < -0.4 is 10.1 Å². The zero-order valence-electron chi connectivity index (χ0n) is 18.8. The molecule has 7 nitrogen and oxygen atoms in total. The molecule has 8 heteroatoms. The fourth-order valence-corrected chi connectivity index (χ4v) is 4.26. The lowest BCUT2D eigenvalue weighted by Gasteiger charge is -2.43. The Balaban J connectivity index is 2.01. The van der Waals surface area contributed by atoms with Gasteiger partial charge >= 0.3 is 5.97 Å². The lowest BCUT2D eigenvalue weighted by atomic mass is 9.81. The largest absolute Gasteiger partial charge is 0.493 e. The Morgan fingerprint density at radius 2 is 1.88 bits per heavy atom. The molecule has 1 aliphatic rings. The lowest BCUT2D eigenvalue weighted by Crippen LogP contribution is -2.51. The topological polar surface area (TPSA) is 105 Å². The highest BCUT2D eigenvalue weighted by Gasteiger charge is 2.41. The molecule has 3 rings (SSSR count). The van der Waals surface area contributed by atoms with Gasteiger partial charge in [0.2, 0.25) is 5.91 Å². The molecule has 0 aromatic heterocycles. The van der Waals surface area contributed by atoms with Crippen LogP contribution in [-0.2, 0) is 9.53 Å². The number of rotatable bonds is 9. The van der Waals surface area contributed by atoms with Crippen molar-refractivity contribution in [2.75, 3.05) is 13.2 Å². The molecule has 0 bridgehead atoms. The Labute approximate surface area is 198 Å². The molecule has 1 fully saturated rings. The van der Waals surface area contributed by atoms with Gasteiger partial charge in [-0.1, -0.05) is 30.7 Å². The number of ether oxygens (including phenoxy) is 2.